The Balaban J connectivity index is 2.11. The minimum atomic E-state index is -1.14. The molecule has 0 fully saturated rings. The van der Waals surface area contributed by atoms with E-state index in [0.29, 0.717) is 5.69 Å². The molecule has 1 atom stereocenters. The Hall–Kier alpha value is -2.93. The van der Waals surface area contributed by atoms with Crippen LogP contribution >= 0.6 is 11.6 Å². The summed E-state index contributed by atoms with van der Waals surface area (Å²) in [5, 5.41) is 13.8. The topological polar surface area (TPSA) is 98.5 Å². The van der Waals surface area contributed by atoms with Gasteiger partial charge < -0.3 is 10.1 Å². The van der Waals surface area contributed by atoms with Gasteiger partial charge in [-0.05, 0) is 37.6 Å². The number of carbonyl (C=O) groups excluding carboxylic acids is 2. The third-order valence-electron chi connectivity index (χ3n) is 3.43. The van der Waals surface area contributed by atoms with Crippen LogP contribution in [-0.4, -0.2) is 22.9 Å². The van der Waals surface area contributed by atoms with E-state index < -0.39 is 28.6 Å². The number of hydrogen-bond acceptors (Lipinski definition) is 5. The summed E-state index contributed by atoms with van der Waals surface area (Å²) in [6.45, 7) is 3.20. The SMILES string of the molecule is Cc1ccccc1NC(=O)C(C)OC(=O)c1ccc(Cl)cc1[N+](=O)[O-]. The highest BCUT2D eigenvalue weighted by Gasteiger charge is 2.25. The summed E-state index contributed by atoms with van der Waals surface area (Å²) < 4.78 is 5.04. The fraction of sp³-hybridized carbons (Fsp3) is 0.176. The van der Waals surface area contributed by atoms with E-state index in [0.717, 1.165) is 11.6 Å². The number of esters is 1. The van der Waals surface area contributed by atoms with Crippen LogP contribution in [0, 0.1) is 17.0 Å². The molecule has 1 amide bonds. The number of nitrogens with zero attached hydrogens (tertiary/aromatic N) is 1. The van der Waals surface area contributed by atoms with E-state index in [9.17, 15) is 19.7 Å². The number of nitrogens with one attached hydrogen (secondary N) is 1. The smallest absolute Gasteiger partial charge is 0.345 e. The molecular formula is C17H15ClN2O5. The lowest BCUT2D eigenvalue weighted by Crippen LogP contribution is -2.30. The molecule has 130 valence electrons. The van der Waals surface area contributed by atoms with Crippen molar-refractivity contribution in [3.63, 3.8) is 0 Å². The van der Waals surface area contributed by atoms with Crippen LogP contribution in [0.1, 0.15) is 22.8 Å². The third-order valence-corrected chi connectivity index (χ3v) is 3.67. The maximum Gasteiger partial charge on any atom is 0.345 e. The first-order chi connectivity index (χ1) is 11.8. The van der Waals surface area contributed by atoms with Crippen LogP contribution in [0.3, 0.4) is 0 Å². The van der Waals surface area contributed by atoms with Gasteiger partial charge in [0.1, 0.15) is 5.56 Å². The van der Waals surface area contributed by atoms with Gasteiger partial charge in [0.25, 0.3) is 11.6 Å². The summed E-state index contributed by atoms with van der Waals surface area (Å²) >= 11 is 5.71. The first kappa shape index (κ1) is 18.4. The first-order valence-electron chi connectivity index (χ1n) is 7.31. The third kappa shape index (κ3) is 4.54. The molecule has 2 aromatic rings. The fourth-order valence-electron chi connectivity index (χ4n) is 2.05. The number of nitro groups is 1. The summed E-state index contributed by atoms with van der Waals surface area (Å²) in [5.41, 5.74) is 0.685. The first-order valence-corrected chi connectivity index (χ1v) is 7.69. The largest absolute Gasteiger partial charge is 0.449 e. The lowest BCUT2D eigenvalue weighted by atomic mass is 10.2. The van der Waals surface area contributed by atoms with Crippen molar-refractivity contribution < 1.29 is 19.2 Å². The molecular weight excluding hydrogens is 348 g/mol. The van der Waals surface area contributed by atoms with Gasteiger partial charge in [-0.2, -0.15) is 0 Å². The highest BCUT2D eigenvalue weighted by Crippen LogP contribution is 2.24. The summed E-state index contributed by atoms with van der Waals surface area (Å²) in [4.78, 5) is 34.6. The second-order valence-corrected chi connectivity index (χ2v) is 5.71. The predicted octanol–water partition coefficient (Wildman–Crippen LogP) is 3.74. The van der Waals surface area contributed by atoms with Crippen molar-refractivity contribution in [3.05, 3.63) is 68.7 Å². The van der Waals surface area contributed by atoms with Gasteiger partial charge in [0.05, 0.1) is 4.92 Å². The Bertz CT molecular complexity index is 838. The normalized spacial score (nSPS) is 11.5. The minimum absolute atomic E-state index is 0.119. The average molecular weight is 363 g/mol. The molecule has 0 saturated carbocycles. The van der Waals surface area contributed by atoms with Crippen LogP contribution in [-0.2, 0) is 9.53 Å². The predicted molar refractivity (Wildman–Crippen MR) is 92.8 cm³/mol. The van der Waals surface area contributed by atoms with Gasteiger partial charge in [0.2, 0.25) is 0 Å². The average Bonchev–Trinajstić information content (AvgIpc) is 2.56. The molecule has 25 heavy (non-hydrogen) atoms. The zero-order valence-electron chi connectivity index (χ0n) is 13.5. The minimum Gasteiger partial charge on any atom is -0.449 e. The van der Waals surface area contributed by atoms with E-state index >= 15 is 0 Å². The van der Waals surface area contributed by atoms with Crippen LogP contribution < -0.4 is 5.32 Å². The lowest BCUT2D eigenvalue weighted by Gasteiger charge is -2.14. The van der Waals surface area contributed by atoms with Crippen LogP contribution in [0.4, 0.5) is 11.4 Å². The van der Waals surface area contributed by atoms with Crippen LogP contribution in [0.25, 0.3) is 0 Å². The van der Waals surface area contributed by atoms with Gasteiger partial charge in [0.15, 0.2) is 6.10 Å². The number of nitro benzene ring substituents is 1. The number of halogens is 1. The molecule has 0 heterocycles. The van der Waals surface area contributed by atoms with E-state index in [2.05, 4.69) is 5.32 Å². The van der Waals surface area contributed by atoms with Crippen molar-refractivity contribution in [1.29, 1.82) is 0 Å². The number of amides is 1. The van der Waals surface area contributed by atoms with E-state index in [1.807, 2.05) is 19.1 Å². The number of aryl methyl sites for hydroxylation is 1. The number of rotatable bonds is 5. The van der Waals surface area contributed by atoms with Crippen molar-refractivity contribution in [1.82, 2.24) is 0 Å². The molecule has 0 aliphatic rings. The molecule has 8 heteroatoms. The molecule has 1 N–H and O–H groups in total. The van der Waals surface area contributed by atoms with Crippen molar-refractivity contribution in [3.8, 4) is 0 Å². The van der Waals surface area contributed by atoms with Gasteiger partial charge in [-0.3, -0.25) is 14.9 Å². The van der Waals surface area contributed by atoms with Gasteiger partial charge in [-0.15, -0.1) is 0 Å². The second-order valence-electron chi connectivity index (χ2n) is 5.27. The van der Waals surface area contributed by atoms with Crippen molar-refractivity contribution >= 4 is 34.9 Å². The number of benzene rings is 2. The molecule has 0 aliphatic heterocycles. The Labute approximate surface area is 148 Å². The molecule has 7 nitrogen and oxygen atoms in total. The van der Waals surface area contributed by atoms with Gasteiger partial charge in [-0.1, -0.05) is 29.8 Å². The molecule has 0 aromatic heterocycles. The Morgan fingerprint density at radius 3 is 2.56 bits per heavy atom. The maximum absolute atomic E-state index is 12.2. The second kappa shape index (κ2) is 7.76. The van der Waals surface area contributed by atoms with Crippen LogP contribution in [0.2, 0.25) is 5.02 Å². The van der Waals surface area contributed by atoms with Gasteiger partial charge >= 0.3 is 5.97 Å². The fourth-order valence-corrected chi connectivity index (χ4v) is 2.22. The van der Waals surface area contributed by atoms with Gasteiger partial charge in [0, 0.05) is 16.8 Å². The highest BCUT2D eigenvalue weighted by atomic mass is 35.5. The van der Waals surface area contributed by atoms with E-state index in [1.165, 1.54) is 19.1 Å². The number of hydrogen-bond donors (Lipinski definition) is 1. The lowest BCUT2D eigenvalue weighted by molar-refractivity contribution is -0.385. The zero-order valence-corrected chi connectivity index (χ0v) is 14.2. The van der Waals surface area contributed by atoms with Crippen LogP contribution in [0.5, 0.6) is 0 Å². The molecule has 2 rings (SSSR count). The van der Waals surface area contributed by atoms with Gasteiger partial charge in [-0.25, -0.2) is 4.79 Å². The maximum atomic E-state index is 12.2. The summed E-state index contributed by atoms with van der Waals surface area (Å²) in [5.74, 6) is -1.52. The van der Waals surface area contributed by atoms with Crippen molar-refractivity contribution in [2.75, 3.05) is 5.32 Å². The van der Waals surface area contributed by atoms with Crippen LogP contribution in [0.15, 0.2) is 42.5 Å². The Kier molecular flexibility index (Phi) is 5.71. The summed E-state index contributed by atoms with van der Waals surface area (Å²) in [6.07, 6.45) is -1.14. The Morgan fingerprint density at radius 2 is 1.92 bits per heavy atom. The summed E-state index contributed by atoms with van der Waals surface area (Å²) in [6, 6.07) is 10.7. The molecule has 0 aliphatic carbocycles. The quantitative estimate of drug-likeness (QED) is 0.496. The highest BCUT2D eigenvalue weighted by molar-refractivity contribution is 6.31. The number of anilines is 1. The standard InChI is InChI=1S/C17H15ClN2O5/c1-10-5-3-4-6-14(10)19-16(21)11(2)25-17(22)13-8-7-12(18)9-15(13)20(23)24/h3-9,11H,1-2H3,(H,19,21). The van der Waals surface area contributed by atoms with Crippen molar-refractivity contribution in [2.24, 2.45) is 0 Å². The van der Waals surface area contributed by atoms with E-state index in [1.54, 1.807) is 12.1 Å². The molecule has 1 unspecified atom stereocenters. The van der Waals surface area contributed by atoms with E-state index in [4.69, 9.17) is 16.3 Å². The molecule has 0 bridgehead atoms. The molecule has 2 aromatic carbocycles. The number of carbonyl (C=O) groups is 2. The van der Waals surface area contributed by atoms with Crippen molar-refractivity contribution in [2.45, 2.75) is 20.0 Å². The molecule has 0 radical (unpaired) electrons. The monoisotopic (exact) mass is 362 g/mol. The zero-order chi connectivity index (χ0) is 18.6. The summed E-state index contributed by atoms with van der Waals surface area (Å²) in [7, 11) is 0. The number of ether oxygens (including phenoxy) is 1. The number of para-hydroxylation sites is 1. The molecule has 0 saturated heterocycles. The Morgan fingerprint density at radius 1 is 1.24 bits per heavy atom. The van der Waals surface area contributed by atoms with E-state index in [-0.39, 0.29) is 10.6 Å². The molecule has 0 spiro atoms.